The van der Waals surface area contributed by atoms with Gasteiger partial charge in [0.15, 0.2) is 0 Å². The zero-order chi connectivity index (χ0) is 22.9. The number of hydrogen-bond acceptors (Lipinski definition) is 0. The third-order valence-corrected chi connectivity index (χ3v) is 7.11. The second-order valence-electron chi connectivity index (χ2n) is 12.9. The molecule has 0 saturated carbocycles. The Kier molecular flexibility index (Phi) is 4.97. The van der Waals surface area contributed by atoms with Crippen LogP contribution >= 0.6 is 0 Å². The van der Waals surface area contributed by atoms with Crippen LogP contribution in [0, 0.1) is 11.3 Å². The van der Waals surface area contributed by atoms with E-state index in [9.17, 15) is 0 Å². The lowest BCUT2D eigenvalue weighted by Gasteiger charge is -2.26. The van der Waals surface area contributed by atoms with E-state index >= 15 is 0 Å². The first kappa shape index (κ1) is 22.1. The standard InChI is InChI=1S/C31H40/c1-19-13-23(30(5,6)7)17-24(19)27-15-21-14-20-11-12-22(29(2,3)4)16-25(20)26(21)18-28(27)31(8,9)10/h11-13,15-19H,14H2,1-10H3. The number of hydrogen-bond donors (Lipinski definition) is 0. The van der Waals surface area contributed by atoms with Crippen LogP contribution < -0.4 is 0 Å². The zero-order valence-electron chi connectivity index (χ0n) is 21.3. The summed E-state index contributed by atoms with van der Waals surface area (Å²) in [6.45, 7) is 23.3. The maximum atomic E-state index is 2.52. The van der Waals surface area contributed by atoms with E-state index in [1.54, 1.807) is 0 Å². The van der Waals surface area contributed by atoms with Crippen LogP contribution in [0.25, 0.3) is 16.7 Å². The highest BCUT2D eigenvalue weighted by atomic mass is 14.3. The van der Waals surface area contributed by atoms with Gasteiger partial charge in [-0.05, 0) is 78.8 Å². The zero-order valence-corrected chi connectivity index (χ0v) is 21.3. The monoisotopic (exact) mass is 412 g/mol. The quantitative estimate of drug-likeness (QED) is 0.374. The summed E-state index contributed by atoms with van der Waals surface area (Å²) in [5.41, 5.74) is 13.6. The van der Waals surface area contributed by atoms with Crippen molar-refractivity contribution in [2.75, 3.05) is 0 Å². The average molecular weight is 413 g/mol. The summed E-state index contributed by atoms with van der Waals surface area (Å²) in [6, 6.07) is 12.2. The largest absolute Gasteiger partial charge is 0.0735 e. The molecule has 0 radical (unpaired) electrons. The molecule has 0 spiro atoms. The fraction of sp³-hybridized carbons (Fsp3) is 0.484. The van der Waals surface area contributed by atoms with E-state index in [1.165, 1.54) is 50.1 Å². The Morgan fingerprint density at radius 2 is 1.32 bits per heavy atom. The molecular weight excluding hydrogens is 372 g/mol. The van der Waals surface area contributed by atoms with Crippen LogP contribution in [0.3, 0.4) is 0 Å². The molecule has 2 aliphatic rings. The molecule has 0 saturated heterocycles. The lowest BCUT2D eigenvalue weighted by atomic mass is 9.78. The third-order valence-electron chi connectivity index (χ3n) is 7.11. The van der Waals surface area contributed by atoms with E-state index < -0.39 is 0 Å². The van der Waals surface area contributed by atoms with E-state index in [2.05, 4.69) is 112 Å². The van der Waals surface area contributed by atoms with Gasteiger partial charge in [0, 0.05) is 5.92 Å². The summed E-state index contributed by atoms with van der Waals surface area (Å²) >= 11 is 0. The lowest BCUT2D eigenvalue weighted by molar-refractivity contribution is 0.516. The van der Waals surface area contributed by atoms with Crippen LogP contribution in [0.1, 0.15) is 97.1 Å². The fourth-order valence-corrected chi connectivity index (χ4v) is 5.05. The molecule has 2 aromatic rings. The molecule has 2 aliphatic carbocycles. The molecule has 0 fully saturated rings. The lowest BCUT2D eigenvalue weighted by Crippen LogP contribution is -2.15. The number of rotatable bonds is 1. The maximum Gasteiger partial charge on any atom is 0.000173 e. The Morgan fingerprint density at radius 1 is 0.677 bits per heavy atom. The molecule has 1 atom stereocenters. The topological polar surface area (TPSA) is 0 Å². The van der Waals surface area contributed by atoms with Crippen molar-refractivity contribution in [3.63, 3.8) is 0 Å². The Labute approximate surface area is 190 Å². The first-order valence-corrected chi connectivity index (χ1v) is 11.9. The molecule has 0 aromatic heterocycles. The van der Waals surface area contributed by atoms with E-state index in [0.29, 0.717) is 5.92 Å². The molecule has 4 rings (SSSR count). The first-order valence-electron chi connectivity index (χ1n) is 11.9. The van der Waals surface area contributed by atoms with Gasteiger partial charge in [0.1, 0.15) is 0 Å². The first-order chi connectivity index (χ1) is 14.2. The molecule has 0 bridgehead atoms. The summed E-state index contributed by atoms with van der Waals surface area (Å²) < 4.78 is 0. The van der Waals surface area contributed by atoms with Crippen molar-refractivity contribution in [3.05, 3.63) is 75.9 Å². The average Bonchev–Trinajstić information content (AvgIpc) is 3.18. The van der Waals surface area contributed by atoms with Crippen molar-refractivity contribution in [2.24, 2.45) is 11.3 Å². The second kappa shape index (κ2) is 6.96. The van der Waals surface area contributed by atoms with Gasteiger partial charge in [-0.3, -0.25) is 0 Å². The molecule has 1 unspecified atom stereocenters. The Hall–Kier alpha value is -2.08. The fourth-order valence-electron chi connectivity index (χ4n) is 5.05. The van der Waals surface area contributed by atoms with Crippen LogP contribution in [-0.4, -0.2) is 0 Å². The van der Waals surface area contributed by atoms with E-state index in [0.717, 1.165) is 6.42 Å². The molecule has 164 valence electrons. The number of fused-ring (bicyclic) bond motifs is 3. The summed E-state index contributed by atoms with van der Waals surface area (Å²) in [5.74, 6) is 0.463. The minimum absolute atomic E-state index is 0.0970. The molecule has 0 heterocycles. The van der Waals surface area contributed by atoms with Gasteiger partial charge in [-0.15, -0.1) is 0 Å². The van der Waals surface area contributed by atoms with Crippen molar-refractivity contribution >= 4 is 5.57 Å². The van der Waals surface area contributed by atoms with Gasteiger partial charge in [-0.1, -0.05) is 106 Å². The summed E-state index contributed by atoms with van der Waals surface area (Å²) in [7, 11) is 0. The predicted octanol–water partition coefficient (Wildman–Crippen LogP) is 8.86. The van der Waals surface area contributed by atoms with Gasteiger partial charge < -0.3 is 0 Å². The Morgan fingerprint density at radius 3 is 1.87 bits per heavy atom. The maximum absolute atomic E-state index is 2.52. The second-order valence-corrected chi connectivity index (χ2v) is 12.9. The van der Waals surface area contributed by atoms with Gasteiger partial charge in [-0.25, -0.2) is 0 Å². The molecule has 2 aromatic carbocycles. The summed E-state index contributed by atoms with van der Waals surface area (Å²) in [4.78, 5) is 0. The van der Waals surface area contributed by atoms with Gasteiger partial charge in [-0.2, -0.15) is 0 Å². The van der Waals surface area contributed by atoms with E-state index in [4.69, 9.17) is 0 Å². The van der Waals surface area contributed by atoms with Gasteiger partial charge in [0.25, 0.3) is 0 Å². The highest BCUT2D eigenvalue weighted by Gasteiger charge is 2.31. The van der Waals surface area contributed by atoms with Gasteiger partial charge in [0.2, 0.25) is 0 Å². The minimum atomic E-state index is 0.0970. The molecular formula is C31H40. The summed E-state index contributed by atoms with van der Waals surface area (Å²) in [6.07, 6.45) is 5.99. The van der Waals surface area contributed by atoms with E-state index in [-0.39, 0.29) is 16.2 Å². The highest BCUT2D eigenvalue weighted by molar-refractivity contribution is 5.84. The smallest absolute Gasteiger partial charge is 0.000173 e. The Bertz CT molecular complexity index is 1100. The van der Waals surface area contributed by atoms with Crippen LogP contribution in [0.5, 0.6) is 0 Å². The SMILES string of the molecule is CC1C=C(C(C)(C)C)C=C1c1cc2c(cc1C(C)(C)C)-c1cc(C(C)(C)C)ccc1C2. The normalized spacial score (nSPS) is 18.6. The Balaban J connectivity index is 1.89. The summed E-state index contributed by atoms with van der Waals surface area (Å²) in [5, 5.41) is 0. The molecule has 0 aliphatic heterocycles. The van der Waals surface area contributed by atoms with Crippen LogP contribution in [-0.2, 0) is 17.3 Å². The van der Waals surface area contributed by atoms with Crippen molar-refractivity contribution < 1.29 is 0 Å². The van der Waals surface area contributed by atoms with Crippen molar-refractivity contribution in [2.45, 2.75) is 86.5 Å². The molecule has 0 amide bonds. The van der Waals surface area contributed by atoms with Crippen LogP contribution in [0.2, 0.25) is 0 Å². The van der Waals surface area contributed by atoms with Gasteiger partial charge in [0.05, 0.1) is 0 Å². The molecule has 0 nitrogen and oxygen atoms in total. The number of allylic oxidation sites excluding steroid dienone is 4. The number of benzene rings is 2. The molecule has 31 heavy (non-hydrogen) atoms. The van der Waals surface area contributed by atoms with Crippen LogP contribution in [0.15, 0.2) is 48.1 Å². The van der Waals surface area contributed by atoms with Gasteiger partial charge >= 0.3 is 0 Å². The van der Waals surface area contributed by atoms with Crippen LogP contribution in [0.4, 0.5) is 0 Å². The minimum Gasteiger partial charge on any atom is -0.0735 e. The predicted molar refractivity (Wildman–Crippen MR) is 137 cm³/mol. The van der Waals surface area contributed by atoms with E-state index in [1.807, 2.05) is 0 Å². The van der Waals surface area contributed by atoms with Crippen molar-refractivity contribution in [1.29, 1.82) is 0 Å². The van der Waals surface area contributed by atoms with Crippen molar-refractivity contribution in [1.82, 2.24) is 0 Å². The highest BCUT2D eigenvalue weighted by Crippen LogP contribution is 2.47. The molecule has 0 N–H and O–H groups in total. The third kappa shape index (κ3) is 3.95. The van der Waals surface area contributed by atoms with Crippen molar-refractivity contribution in [3.8, 4) is 11.1 Å². The molecule has 0 heteroatoms.